The van der Waals surface area contributed by atoms with Crippen molar-refractivity contribution in [3.63, 3.8) is 0 Å². The molecule has 0 rings (SSSR count). The predicted octanol–water partition coefficient (Wildman–Crippen LogP) is 1.70. The Morgan fingerprint density at radius 2 is 1.83 bits per heavy atom. The number of hydrogen-bond acceptors (Lipinski definition) is 2. The van der Waals surface area contributed by atoms with E-state index in [1.54, 1.807) is 0 Å². The first-order valence-corrected chi connectivity index (χ1v) is 5.09. The summed E-state index contributed by atoms with van der Waals surface area (Å²) in [6.45, 7) is 12.0. The Balaban J connectivity index is 3.81. The monoisotopic (exact) mass is 172 g/mol. The Morgan fingerprint density at radius 3 is 2.17 bits per heavy atom. The lowest BCUT2D eigenvalue weighted by molar-refractivity contribution is 0.188. The summed E-state index contributed by atoms with van der Waals surface area (Å²) in [6.07, 6.45) is 1.23. The zero-order chi connectivity index (χ0) is 9.56. The molecule has 0 radical (unpaired) electrons. The van der Waals surface area contributed by atoms with E-state index in [4.69, 9.17) is 5.73 Å². The average molecular weight is 172 g/mol. The van der Waals surface area contributed by atoms with Crippen LogP contribution in [0.5, 0.6) is 0 Å². The quantitative estimate of drug-likeness (QED) is 0.661. The van der Waals surface area contributed by atoms with E-state index in [9.17, 15) is 0 Å². The number of hydrogen-bond donors (Lipinski definition) is 1. The highest BCUT2D eigenvalue weighted by Gasteiger charge is 2.12. The lowest BCUT2D eigenvalue weighted by atomic mass is 10.1. The Labute approximate surface area is 77.1 Å². The summed E-state index contributed by atoms with van der Waals surface area (Å²) in [5.74, 6) is 0.624. The number of rotatable bonds is 6. The molecule has 2 N–H and O–H groups in total. The van der Waals surface area contributed by atoms with Crippen molar-refractivity contribution in [2.45, 2.75) is 40.2 Å². The molecule has 74 valence electrons. The summed E-state index contributed by atoms with van der Waals surface area (Å²) < 4.78 is 0. The second kappa shape index (κ2) is 6.44. The lowest BCUT2D eigenvalue weighted by Gasteiger charge is -2.29. The second-order valence-electron chi connectivity index (χ2n) is 3.69. The van der Waals surface area contributed by atoms with Crippen LogP contribution in [0.15, 0.2) is 0 Å². The molecule has 0 amide bonds. The van der Waals surface area contributed by atoms with Crippen LogP contribution in [0.4, 0.5) is 0 Å². The van der Waals surface area contributed by atoms with E-state index in [1.165, 1.54) is 6.42 Å². The summed E-state index contributed by atoms with van der Waals surface area (Å²) in [6, 6.07) is 0.698. The maximum atomic E-state index is 5.59. The molecule has 0 aliphatic heterocycles. The topological polar surface area (TPSA) is 29.3 Å². The molecule has 0 aliphatic rings. The molecule has 0 saturated heterocycles. The number of nitrogens with zero attached hydrogens (tertiary/aromatic N) is 1. The highest BCUT2D eigenvalue weighted by atomic mass is 15.1. The minimum absolute atomic E-state index is 0.624. The van der Waals surface area contributed by atoms with Gasteiger partial charge in [-0.2, -0.15) is 0 Å². The molecule has 0 aromatic carbocycles. The van der Waals surface area contributed by atoms with Gasteiger partial charge < -0.3 is 10.6 Å². The molecule has 0 aromatic rings. The molecule has 2 nitrogen and oxygen atoms in total. The van der Waals surface area contributed by atoms with Crippen LogP contribution < -0.4 is 5.73 Å². The highest BCUT2D eigenvalue weighted by molar-refractivity contribution is 4.67. The van der Waals surface area contributed by atoms with Gasteiger partial charge in [0.2, 0.25) is 0 Å². The van der Waals surface area contributed by atoms with Crippen molar-refractivity contribution in [2.24, 2.45) is 11.7 Å². The van der Waals surface area contributed by atoms with Gasteiger partial charge in [-0.05, 0) is 32.4 Å². The van der Waals surface area contributed by atoms with Gasteiger partial charge in [0.1, 0.15) is 0 Å². The summed E-state index contributed by atoms with van der Waals surface area (Å²) in [7, 11) is 0. The molecule has 2 heteroatoms. The summed E-state index contributed by atoms with van der Waals surface area (Å²) in [4.78, 5) is 2.50. The standard InChI is InChI=1S/C10H24N2/c1-5-10(4)12(6-2)8-9(3)7-11/h9-10H,5-8,11H2,1-4H3. The van der Waals surface area contributed by atoms with Crippen molar-refractivity contribution in [1.29, 1.82) is 0 Å². The van der Waals surface area contributed by atoms with Crippen molar-refractivity contribution in [2.75, 3.05) is 19.6 Å². The molecule has 0 spiro atoms. The van der Waals surface area contributed by atoms with Gasteiger partial charge >= 0.3 is 0 Å². The van der Waals surface area contributed by atoms with Crippen LogP contribution in [-0.2, 0) is 0 Å². The Bertz CT molecular complexity index is 104. The minimum atomic E-state index is 0.624. The van der Waals surface area contributed by atoms with Crippen molar-refractivity contribution < 1.29 is 0 Å². The van der Waals surface area contributed by atoms with E-state index in [2.05, 4.69) is 32.6 Å². The number of nitrogens with two attached hydrogens (primary N) is 1. The van der Waals surface area contributed by atoms with Crippen LogP contribution in [0.2, 0.25) is 0 Å². The Kier molecular flexibility index (Phi) is 6.39. The van der Waals surface area contributed by atoms with E-state index >= 15 is 0 Å². The normalized spacial score (nSPS) is 16.5. The van der Waals surface area contributed by atoms with Crippen LogP contribution in [0.3, 0.4) is 0 Å². The first kappa shape index (κ1) is 11.9. The smallest absolute Gasteiger partial charge is 0.00643 e. The zero-order valence-electron chi connectivity index (χ0n) is 9.01. The fourth-order valence-corrected chi connectivity index (χ4v) is 1.35. The molecule has 0 fully saturated rings. The molecule has 0 bridgehead atoms. The molecular formula is C10H24N2. The molecule has 0 aromatic heterocycles. The van der Waals surface area contributed by atoms with Gasteiger partial charge in [-0.15, -0.1) is 0 Å². The van der Waals surface area contributed by atoms with Crippen molar-refractivity contribution >= 4 is 0 Å². The molecule has 0 heterocycles. The fraction of sp³-hybridized carbons (Fsp3) is 1.00. The second-order valence-corrected chi connectivity index (χ2v) is 3.69. The van der Waals surface area contributed by atoms with Crippen LogP contribution in [0.25, 0.3) is 0 Å². The molecule has 12 heavy (non-hydrogen) atoms. The van der Waals surface area contributed by atoms with Gasteiger partial charge in [0.05, 0.1) is 0 Å². The maximum Gasteiger partial charge on any atom is 0.00643 e. The van der Waals surface area contributed by atoms with E-state index in [0.29, 0.717) is 12.0 Å². The molecule has 0 saturated carbocycles. The first-order valence-electron chi connectivity index (χ1n) is 5.09. The van der Waals surface area contributed by atoms with Crippen LogP contribution in [0, 0.1) is 5.92 Å². The molecular weight excluding hydrogens is 148 g/mol. The molecule has 2 unspecified atom stereocenters. The third-order valence-electron chi connectivity index (χ3n) is 2.57. The van der Waals surface area contributed by atoms with E-state index in [0.717, 1.165) is 19.6 Å². The van der Waals surface area contributed by atoms with Crippen LogP contribution in [-0.4, -0.2) is 30.6 Å². The van der Waals surface area contributed by atoms with Crippen molar-refractivity contribution in [3.8, 4) is 0 Å². The maximum absolute atomic E-state index is 5.59. The van der Waals surface area contributed by atoms with Gasteiger partial charge in [0.25, 0.3) is 0 Å². The van der Waals surface area contributed by atoms with Gasteiger partial charge in [0, 0.05) is 12.6 Å². The van der Waals surface area contributed by atoms with Crippen LogP contribution in [0.1, 0.15) is 34.1 Å². The van der Waals surface area contributed by atoms with Crippen LogP contribution >= 0.6 is 0 Å². The predicted molar refractivity (Wildman–Crippen MR) is 55.2 cm³/mol. The largest absolute Gasteiger partial charge is 0.330 e. The summed E-state index contributed by atoms with van der Waals surface area (Å²) in [5, 5.41) is 0. The third kappa shape index (κ3) is 4.07. The zero-order valence-corrected chi connectivity index (χ0v) is 9.01. The highest BCUT2D eigenvalue weighted by Crippen LogP contribution is 2.06. The Morgan fingerprint density at radius 1 is 1.25 bits per heavy atom. The van der Waals surface area contributed by atoms with Gasteiger partial charge in [-0.1, -0.05) is 20.8 Å². The summed E-state index contributed by atoms with van der Waals surface area (Å²) in [5.41, 5.74) is 5.59. The Hall–Kier alpha value is -0.0800. The van der Waals surface area contributed by atoms with E-state index in [-0.39, 0.29) is 0 Å². The average Bonchev–Trinajstić information content (AvgIpc) is 2.12. The van der Waals surface area contributed by atoms with Crippen molar-refractivity contribution in [3.05, 3.63) is 0 Å². The van der Waals surface area contributed by atoms with Crippen molar-refractivity contribution in [1.82, 2.24) is 4.90 Å². The third-order valence-corrected chi connectivity index (χ3v) is 2.57. The SMILES string of the molecule is CCC(C)N(CC)CC(C)CN. The van der Waals surface area contributed by atoms with E-state index < -0.39 is 0 Å². The summed E-state index contributed by atoms with van der Waals surface area (Å²) >= 11 is 0. The molecule has 2 atom stereocenters. The van der Waals surface area contributed by atoms with Gasteiger partial charge in [-0.3, -0.25) is 0 Å². The minimum Gasteiger partial charge on any atom is -0.330 e. The first-order chi connectivity index (χ1) is 5.65. The molecule has 0 aliphatic carbocycles. The van der Waals surface area contributed by atoms with E-state index in [1.807, 2.05) is 0 Å². The van der Waals surface area contributed by atoms with Gasteiger partial charge in [0.15, 0.2) is 0 Å². The fourth-order valence-electron chi connectivity index (χ4n) is 1.35. The lowest BCUT2D eigenvalue weighted by Crippen LogP contribution is -2.37. The van der Waals surface area contributed by atoms with Gasteiger partial charge in [-0.25, -0.2) is 0 Å².